The maximum atomic E-state index is 4.16. The molecule has 1 heterocycles. The van der Waals surface area contributed by atoms with E-state index in [2.05, 4.69) is 56.6 Å². The van der Waals surface area contributed by atoms with E-state index in [0.717, 1.165) is 17.3 Å². The molecule has 1 atom stereocenters. The molecular weight excluding hydrogens is 288 g/mol. The first-order valence-electron chi connectivity index (χ1n) is 6.08. The van der Waals surface area contributed by atoms with Crippen molar-refractivity contribution in [3.8, 4) is 0 Å². The Labute approximate surface area is 117 Å². The Balaban J connectivity index is 2.01. The van der Waals surface area contributed by atoms with Crippen LogP contribution in [0, 0.1) is 0 Å². The number of rotatable bonds is 5. The highest BCUT2D eigenvalue weighted by Crippen LogP contribution is 2.14. The number of aromatic nitrogens is 1. The zero-order valence-electron chi connectivity index (χ0n) is 10.4. The Morgan fingerprint density at radius 1 is 1.17 bits per heavy atom. The summed E-state index contributed by atoms with van der Waals surface area (Å²) in [5.41, 5.74) is 2.61. The predicted molar refractivity (Wildman–Crippen MR) is 78.6 cm³/mol. The molecule has 0 fully saturated rings. The molecule has 3 heteroatoms. The molecule has 1 aromatic carbocycles. The molecule has 0 aliphatic carbocycles. The van der Waals surface area contributed by atoms with Crippen LogP contribution in [-0.2, 0) is 12.8 Å². The van der Waals surface area contributed by atoms with Gasteiger partial charge in [0.1, 0.15) is 0 Å². The van der Waals surface area contributed by atoms with E-state index >= 15 is 0 Å². The van der Waals surface area contributed by atoms with Gasteiger partial charge in [-0.3, -0.25) is 4.98 Å². The normalized spacial score (nSPS) is 12.3. The highest BCUT2D eigenvalue weighted by molar-refractivity contribution is 9.10. The summed E-state index contributed by atoms with van der Waals surface area (Å²) in [6, 6.07) is 13.0. The number of pyridine rings is 1. The van der Waals surface area contributed by atoms with Crippen LogP contribution in [0.15, 0.2) is 53.3 Å². The second-order valence-corrected chi connectivity index (χ2v) is 5.30. The number of hydrogen-bond donors (Lipinski definition) is 1. The molecular formula is C15H17BrN2. The molecule has 2 rings (SSSR count). The molecule has 0 aliphatic heterocycles. The summed E-state index contributed by atoms with van der Waals surface area (Å²) in [6.45, 7) is 0. The van der Waals surface area contributed by atoms with Crippen molar-refractivity contribution < 1.29 is 0 Å². The first-order chi connectivity index (χ1) is 8.78. The van der Waals surface area contributed by atoms with Gasteiger partial charge in [-0.2, -0.15) is 0 Å². The number of benzene rings is 1. The number of halogens is 1. The highest BCUT2D eigenvalue weighted by Gasteiger charge is 2.08. The molecule has 0 aliphatic rings. The van der Waals surface area contributed by atoms with Crippen molar-refractivity contribution in [1.29, 1.82) is 0 Å². The number of likely N-dealkylation sites (N-methyl/N-ethyl adjacent to an activating group) is 1. The number of nitrogens with one attached hydrogen (secondary N) is 1. The standard InChI is InChI=1S/C15H17BrN2/c1-17-15(10-13-5-3-7-18-11-13)9-12-4-2-6-14(16)8-12/h2-8,11,15,17H,9-10H2,1H3. The highest BCUT2D eigenvalue weighted by atomic mass is 79.9. The molecule has 2 aromatic rings. The quantitative estimate of drug-likeness (QED) is 0.917. The first kappa shape index (κ1) is 13.2. The molecule has 0 radical (unpaired) electrons. The van der Waals surface area contributed by atoms with Crippen molar-refractivity contribution in [2.45, 2.75) is 18.9 Å². The van der Waals surface area contributed by atoms with E-state index in [4.69, 9.17) is 0 Å². The van der Waals surface area contributed by atoms with E-state index in [-0.39, 0.29) is 0 Å². The van der Waals surface area contributed by atoms with Gasteiger partial charge in [0.2, 0.25) is 0 Å². The largest absolute Gasteiger partial charge is 0.316 e. The zero-order valence-corrected chi connectivity index (χ0v) is 12.0. The first-order valence-corrected chi connectivity index (χ1v) is 6.88. The molecule has 1 N–H and O–H groups in total. The van der Waals surface area contributed by atoms with Gasteiger partial charge in [-0.25, -0.2) is 0 Å². The third-order valence-electron chi connectivity index (χ3n) is 2.98. The van der Waals surface area contributed by atoms with Crippen LogP contribution in [0.5, 0.6) is 0 Å². The van der Waals surface area contributed by atoms with E-state index in [9.17, 15) is 0 Å². The van der Waals surface area contributed by atoms with Gasteiger partial charge in [0, 0.05) is 22.9 Å². The van der Waals surface area contributed by atoms with Crippen LogP contribution >= 0.6 is 15.9 Å². The molecule has 1 aromatic heterocycles. The fourth-order valence-corrected chi connectivity index (χ4v) is 2.47. The van der Waals surface area contributed by atoms with Crippen LogP contribution in [0.25, 0.3) is 0 Å². The number of nitrogens with zero attached hydrogens (tertiary/aromatic N) is 1. The Kier molecular flexibility index (Phi) is 4.90. The minimum Gasteiger partial charge on any atom is -0.316 e. The summed E-state index contributed by atoms with van der Waals surface area (Å²) in [7, 11) is 2.01. The van der Waals surface area contributed by atoms with Crippen molar-refractivity contribution in [1.82, 2.24) is 10.3 Å². The summed E-state index contributed by atoms with van der Waals surface area (Å²) in [4.78, 5) is 4.16. The van der Waals surface area contributed by atoms with Gasteiger partial charge < -0.3 is 5.32 Å². The van der Waals surface area contributed by atoms with Crippen molar-refractivity contribution in [2.24, 2.45) is 0 Å². The smallest absolute Gasteiger partial charge is 0.0300 e. The molecule has 0 bridgehead atoms. The van der Waals surface area contributed by atoms with E-state index in [1.807, 2.05) is 25.5 Å². The van der Waals surface area contributed by atoms with E-state index in [1.165, 1.54) is 11.1 Å². The summed E-state index contributed by atoms with van der Waals surface area (Å²) >= 11 is 3.51. The monoisotopic (exact) mass is 304 g/mol. The maximum Gasteiger partial charge on any atom is 0.0300 e. The lowest BCUT2D eigenvalue weighted by atomic mass is 10.0. The van der Waals surface area contributed by atoms with Crippen LogP contribution in [0.4, 0.5) is 0 Å². The minimum absolute atomic E-state index is 0.434. The summed E-state index contributed by atoms with van der Waals surface area (Å²) in [5.74, 6) is 0. The van der Waals surface area contributed by atoms with E-state index < -0.39 is 0 Å². The van der Waals surface area contributed by atoms with Gasteiger partial charge in [-0.05, 0) is 49.2 Å². The minimum atomic E-state index is 0.434. The molecule has 0 saturated heterocycles. The van der Waals surface area contributed by atoms with Crippen molar-refractivity contribution >= 4 is 15.9 Å². The lowest BCUT2D eigenvalue weighted by Gasteiger charge is -2.16. The van der Waals surface area contributed by atoms with Crippen LogP contribution in [0.3, 0.4) is 0 Å². The molecule has 0 amide bonds. The van der Waals surface area contributed by atoms with E-state index in [1.54, 1.807) is 0 Å². The zero-order chi connectivity index (χ0) is 12.8. The van der Waals surface area contributed by atoms with Crippen molar-refractivity contribution in [3.05, 3.63) is 64.4 Å². The third kappa shape index (κ3) is 3.93. The topological polar surface area (TPSA) is 24.9 Å². The van der Waals surface area contributed by atoms with E-state index in [0.29, 0.717) is 6.04 Å². The molecule has 94 valence electrons. The number of hydrogen-bond acceptors (Lipinski definition) is 2. The Bertz CT molecular complexity index is 485. The van der Waals surface area contributed by atoms with Gasteiger partial charge in [0.15, 0.2) is 0 Å². The van der Waals surface area contributed by atoms with Crippen molar-refractivity contribution in [3.63, 3.8) is 0 Å². The average Bonchev–Trinajstić information content (AvgIpc) is 2.39. The Hall–Kier alpha value is -1.19. The molecule has 2 nitrogen and oxygen atoms in total. The van der Waals surface area contributed by atoms with Crippen molar-refractivity contribution in [2.75, 3.05) is 7.05 Å². The molecule has 18 heavy (non-hydrogen) atoms. The average molecular weight is 305 g/mol. The lowest BCUT2D eigenvalue weighted by Crippen LogP contribution is -2.29. The van der Waals surface area contributed by atoms with Crippen LogP contribution in [0.2, 0.25) is 0 Å². The molecule has 1 unspecified atom stereocenters. The van der Waals surface area contributed by atoms with Crippen LogP contribution in [-0.4, -0.2) is 18.1 Å². The Morgan fingerprint density at radius 3 is 2.61 bits per heavy atom. The van der Waals surface area contributed by atoms with Gasteiger partial charge in [0.05, 0.1) is 0 Å². The molecule has 0 saturated carbocycles. The molecule has 0 spiro atoms. The van der Waals surface area contributed by atoms with Crippen LogP contribution < -0.4 is 5.32 Å². The SMILES string of the molecule is CNC(Cc1cccnc1)Cc1cccc(Br)c1. The maximum absolute atomic E-state index is 4.16. The fourth-order valence-electron chi connectivity index (χ4n) is 2.03. The second kappa shape index (κ2) is 6.66. The fraction of sp³-hybridized carbons (Fsp3) is 0.267. The summed E-state index contributed by atoms with van der Waals surface area (Å²) < 4.78 is 1.14. The van der Waals surface area contributed by atoms with Gasteiger partial charge in [-0.15, -0.1) is 0 Å². The Morgan fingerprint density at radius 2 is 1.94 bits per heavy atom. The summed E-state index contributed by atoms with van der Waals surface area (Å²) in [5, 5.41) is 3.38. The van der Waals surface area contributed by atoms with Gasteiger partial charge in [-0.1, -0.05) is 34.1 Å². The van der Waals surface area contributed by atoms with Gasteiger partial charge in [0.25, 0.3) is 0 Å². The lowest BCUT2D eigenvalue weighted by molar-refractivity contribution is 0.555. The summed E-state index contributed by atoms with van der Waals surface area (Å²) in [6.07, 6.45) is 5.76. The predicted octanol–water partition coefficient (Wildman–Crippen LogP) is 3.22. The van der Waals surface area contributed by atoms with Gasteiger partial charge >= 0.3 is 0 Å². The third-order valence-corrected chi connectivity index (χ3v) is 3.48. The van der Waals surface area contributed by atoms with Crippen LogP contribution in [0.1, 0.15) is 11.1 Å². The second-order valence-electron chi connectivity index (χ2n) is 4.39.